The minimum absolute atomic E-state index is 0.195. The summed E-state index contributed by atoms with van der Waals surface area (Å²) in [6.07, 6.45) is 3.83. The molecule has 0 fully saturated rings. The fourth-order valence-electron chi connectivity index (χ4n) is 1.88. The lowest BCUT2D eigenvalue weighted by atomic mass is 10.2. The molecule has 0 saturated carbocycles. The van der Waals surface area contributed by atoms with E-state index in [-0.39, 0.29) is 10.9 Å². The predicted molar refractivity (Wildman–Crippen MR) is 76.9 cm³/mol. The number of hydrogen-bond donors (Lipinski definition) is 1. The fraction of sp³-hybridized carbons (Fsp3) is 0.308. The van der Waals surface area contributed by atoms with E-state index in [0.717, 1.165) is 5.39 Å². The van der Waals surface area contributed by atoms with Gasteiger partial charge in [-0.25, -0.2) is 13.1 Å². The van der Waals surface area contributed by atoms with E-state index in [4.69, 9.17) is 11.6 Å². The highest BCUT2D eigenvalue weighted by molar-refractivity contribution is 7.89. The fourth-order valence-corrected chi connectivity index (χ4v) is 3.71. The van der Waals surface area contributed by atoms with E-state index in [2.05, 4.69) is 9.71 Å². The molecule has 0 saturated heterocycles. The first kappa shape index (κ1) is 14.2. The maximum Gasteiger partial charge on any atom is 0.241 e. The second kappa shape index (κ2) is 5.86. The molecule has 2 rings (SSSR count). The van der Waals surface area contributed by atoms with Gasteiger partial charge >= 0.3 is 0 Å². The van der Waals surface area contributed by atoms with Crippen molar-refractivity contribution < 1.29 is 8.42 Å². The number of benzene rings is 1. The molecule has 0 spiro atoms. The van der Waals surface area contributed by atoms with Crippen molar-refractivity contribution in [3.05, 3.63) is 36.7 Å². The number of halogens is 1. The molecule has 102 valence electrons. The Kier molecular flexibility index (Phi) is 4.39. The van der Waals surface area contributed by atoms with Gasteiger partial charge in [0, 0.05) is 35.1 Å². The molecule has 0 bridgehead atoms. The monoisotopic (exact) mass is 298 g/mol. The van der Waals surface area contributed by atoms with Gasteiger partial charge in [0.2, 0.25) is 10.0 Å². The molecular formula is C13H15ClN2O2S. The van der Waals surface area contributed by atoms with Crippen LogP contribution in [0.15, 0.2) is 41.6 Å². The van der Waals surface area contributed by atoms with Gasteiger partial charge in [-0.3, -0.25) is 4.98 Å². The Morgan fingerprint density at radius 3 is 2.89 bits per heavy atom. The number of pyridine rings is 1. The lowest BCUT2D eigenvalue weighted by Crippen LogP contribution is -2.33. The van der Waals surface area contributed by atoms with Crippen molar-refractivity contribution in [2.24, 2.45) is 0 Å². The largest absolute Gasteiger partial charge is 0.264 e. The van der Waals surface area contributed by atoms with Crippen molar-refractivity contribution in [2.45, 2.75) is 24.3 Å². The van der Waals surface area contributed by atoms with Crippen LogP contribution in [0.1, 0.15) is 13.3 Å². The molecule has 2 aromatic rings. The Hall–Kier alpha value is -1.17. The van der Waals surface area contributed by atoms with Gasteiger partial charge in [0.05, 0.1) is 4.90 Å². The SMILES string of the molecule is CC(CCCl)NS(=O)(=O)c1cccc2cnccc12. The highest BCUT2D eigenvalue weighted by atomic mass is 35.5. The first-order valence-corrected chi connectivity index (χ1v) is 7.97. The number of sulfonamides is 1. The van der Waals surface area contributed by atoms with Gasteiger partial charge in [0.25, 0.3) is 0 Å². The summed E-state index contributed by atoms with van der Waals surface area (Å²) in [4.78, 5) is 4.27. The van der Waals surface area contributed by atoms with Gasteiger partial charge in [-0.2, -0.15) is 0 Å². The summed E-state index contributed by atoms with van der Waals surface area (Å²) in [6, 6.07) is 6.65. The third kappa shape index (κ3) is 3.23. The van der Waals surface area contributed by atoms with E-state index < -0.39 is 10.0 Å². The van der Waals surface area contributed by atoms with Gasteiger partial charge in [0.1, 0.15) is 0 Å². The van der Waals surface area contributed by atoms with Gasteiger partial charge in [0.15, 0.2) is 0 Å². The van der Waals surface area contributed by atoms with Crippen LogP contribution in [-0.2, 0) is 10.0 Å². The Bertz CT molecular complexity index is 668. The van der Waals surface area contributed by atoms with Crippen molar-refractivity contribution in [1.82, 2.24) is 9.71 Å². The van der Waals surface area contributed by atoms with Crippen LogP contribution in [-0.4, -0.2) is 25.3 Å². The van der Waals surface area contributed by atoms with E-state index in [1.54, 1.807) is 37.5 Å². The number of hydrogen-bond acceptors (Lipinski definition) is 3. The van der Waals surface area contributed by atoms with Crippen LogP contribution in [0.4, 0.5) is 0 Å². The molecule has 1 heterocycles. The first-order valence-electron chi connectivity index (χ1n) is 5.95. The zero-order valence-corrected chi connectivity index (χ0v) is 12.1. The first-order chi connectivity index (χ1) is 9.04. The van der Waals surface area contributed by atoms with Gasteiger partial charge < -0.3 is 0 Å². The molecule has 6 heteroatoms. The average molecular weight is 299 g/mol. The Balaban J connectivity index is 2.43. The van der Waals surface area contributed by atoms with Crippen LogP contribution in [0.5, 0.6) is 0 Å². The standard InChI is InChI=1S/C13H15ClN2O2S/c1-10(5-7-14)16-19(17,18)13-4-2-3-11-9-15-8-6-12(11)13/h2-4,6,8-10,16H,5,7H2,1H3. The maximum absolute atomic E-state index is 12.4. The average Bonchev–Trinajstić information content (AvgIpc) is 2.37. The Labute approximate surface area is 117 Å². The maximum atomic E-state index is 12.4. The van der Waals surface area contributed by atoms with Gasteiger partial charge in [-0.05, 0) is 25.5 Å². The predicted octanol–water partition coefficient (Wildman–Crippen LogP) is 2.53. The molecule has 1 aromatic heterocycles. The van der Waals surface area contributed by atoms with Gasteiger partial charge in [-0.1, -0.05) is 12.1 Å². The molecule has 0 amide bonds. The molecule has 1 aromatic carbocycles. The van der Waals surface area contributed by atoms with Crippen LogP contribution in [0.2, 0.25) is 0 Å². The van der Waals surface area contributed by atoms with Crippen LogP contribution >= 0.6 is 11.6 Å². The molecule has 1 N–H and O–H groups in total. The molecule has 0 aliphatic rings. The van der Waals surface area contributed by atoms with Crippen LogP contribution in [0, 0.1) is 0 Å². The van der Waals surface area contributed by atoms with E-state index in [1.807, 2.05) is 6.07 Å². The second-order valence-electron chi connectivity index (χ2n) is 4.35. The number of aromatic nitrogens is 1. The molecule has 0 aliphatic carbocycles. The van der Waals surface area contributed by atoms with Crippen LogP contribution in [0.3, 0.4) is 0 Å². The lowest BCUT2D eigenvalue weighted by molar-refractivity contribution is 0.557. The molecule has 1 atom stereocenters. The summed E-state index contributed by atoms with van der Waals surface area (Å²) < 4.78 is 27.3. The van der Waals surface area contributed by atoms with Crippen molar-refractivity contribution in [2.75, 3.05) is 5.88 Å². The zero-order chi connectivity index (χ0) is 13.9. The van der Waals surface area contributed by atoms with Crippen molar-refractivity contribution in [3.8, 4) is 0 Å². The Morgan fingerprint density at radius 1 is 1.37 bits per heavy atom. The second-order valence-corrected chi connectivity index (χ2v) is 6.41. The van der Waals surface area contributed by atoms with Crippen LogP contribution in [0.25, 0.3) is 10.8 Å². The molecular weight excluding hydrogens is 284 g/mol. The summed E-state index contributed by atoms with van der Waals surface area (Å²) in [6.45, 7) is 1.80. The van der Waals surface area contributed by atoms with E-state index in [1.165, 1.54) is 0 Å². The lowest BCUT2D eigenvalue weighted by Gasteiger charge is -2.14. The van der Waals surface area contributed by atoms with Crippen LogP contribution < -0.4 is 4.72 Å². The summed E-state index contributed by atoms with van der Waals surface area (Å²) in [5.41, 5.74) is 0. The highest BCUT2D eigenvalue weighted by Crippen LogP contribution is 2.22. The Morgan fingerprint density at radius 2 is 2.16 bits per heavy atom. The molecule has 0 radical (unpaired) electrons. The zero-order valence-electron chi connectivity index (χ0n) is 10.5. The topological polar surface area (TPSA) is 59.1 Å². The third-order valence-electron chi connectivity index (χ3n) is 2.83. The van der Waals surface area contributed by atoms with E-state index in [9.17, 15) is 8.42 Å². The van der Waals surface area contributed by atoms with Crippen molar-refractivity contribution in [1.29, 1.82) is 0 Å². The molecule has 4 nitrogen and oxygen atoms in total. The summed E-state index contributed by atoms with van der Waals surface area (Å²) in [5.74, 6) is 0.420. The molecule has 19 heavy (non-hydrogen) atoms. The molecule has 1 unspecified atom stereocenters. The highest BCUT2D eigenvalue weighted by Gasteiger charge is 2.19. The van der Waals surface area contributed by atoms with E-state index in [0.29, 0.717) is 17.7 Å². The summed E-state index contributed by atoms with van der Waals surface area (Å²) >= 11 is 5.62. The minimum atomic E-state index is -3.54. The third-order valence-corrected chi connectivity index (χ3v) is 4.69. The molecule has 0 aliphatic heterocycles. The van der Waals surface area contributed by atoms with Crippen molar-refractivity contribution >= 4 is 32.4 Å². The normalized spacial score (nSPS) is 13.6. The number of nitrogens with zero attached hydrogens (tertiary/aromatic N) is 1. The van der Waals surface area contributed by atoms with Crippen molar-refractivity contribution in [3.63, 3.8) is 0 Å². The smallest absolute Gasteiger partial charge is 0.241 e. The minimum Gasteiger partial charge on any atom is -0.264 e. The van der Waals surface area contributed by atoms with E-state index >= 15 is 0 Å². The van der Waals surface area contributed by atoms with Gasteiger partial charge in [-0.15, -0.1) is 11.6 Å². The summed E-state index contributed by atoms with van der Waals surface area (Å²) in [7, 11) is -3.54. The number of fused-ring (bicyclic) bond motifs is 1. The number of nitrogens with one attached hydrogen (secondary N) is 1. The number of alkyl halides is 1. The quantitative estimate of drug-likeness (QED) is 0.863. The summed E-state index contributed by atoms with van der Waals surface area (Å²) in [5, 5.41) is 1.47. The number of rotatable bonds is 5.